The van der Waals surface area contributed by atoms with Crippen molar-refractivity contribution < 1.29 is 4.74 Å². The molecule has 0 saturated carbocycles. The molecular weight excluding hydrogens is 314 g/mol. The van der Waals surface area contributed by atoms with E-state index < -0.39 is 0 Å². The summed E-state index contributed by atoms with van der Waals surface area (Å²) in [6.45, 7) is 8.77. The van der Waals surface area contributed by atoms with Crippen LogP contribution < -0.4 is 4.74 Å². The van der Waals surface area contributed by atoms with E-state index in [2.05, 4.69) is 61.1 Å². The first-order valence-corrected chi connectivity index (χ1v) is 9.01. The molecule has 1 heterocycles. The maximum Gasteiger partial charge on any atom is 0.213 e. The number of ether oxygens (including phenoxy) is 1. The number of hydrogen-bond donors (Lipinski definition) is 2. The summed E-state index contributed by atoms with van der Waals surface area (Å²) in [5, 5.41) is 5.74. The molecule has 0 saturated heterocycles. The number of nitrogens with zero attached hydrogens (tertiary/aromatic N) is 1. The fraction of sp³-hybridized carbons (Fsp3) is 0.500. The molecule has 0 aliphatic carbocycles. The van der Waals surface area contributed by atoms with Crippen LogP contribution in [0.4, 0.5) is 0 Å². The van der Waals surface area contributed by atoms with Crippen molar-refractivity contribution in [2.45, 2.75) is 45.3 Å². The van der Waals surface area contributed by atoms with Gasteiger partial charge >= 0.3 is 0 Å². The summed E-state index contributed by atoms with van der Waals surface area (Å²) < 4.78 is 6.49. The molecule has 22 heavy (non-hydrogen) atoms. The minimum atomic E-state index is 0.448. The molecule has 0 unspecified atom stereocenters. The van der Waals surface area contributed by atoms with Crippen molar-refractivity contribution >= 4 is 24.0 Å². The van der Waals surface area contributed by atoms with E-state index in [0.717, 1.165) is 17.3 Å². The summed E-state index contributed by atoms with van der Waals surface area (Å²) in [5.74, 6) is 4.12. The van der Waals surface area contributed by atoms with E-state index in [9.17, 15) is 0 Å². The van der Waals surface area contributed by atoms with Crippen LogP contribution in [0.3, 0.4) is 0 Å². The Morgan fingerprint density at radius 2 is 1.95 bits per heavy atom. The lowest BCUT2D eigenvalue weighted by atomic mass is 9.96. The normalized spacial score (nSPS) is 11.4. The van der Waals surface area contributed by atoms with Crippen LogP contribution in [0.1, 0.15) is 56.5 Å². The predicted octanol–water partition coefficient (Wildman–Crippen LogP) is 4.98. The molecule has 2 aromatic rings. The highest BCUT2D eigenvalue weighted by Gasteiger charge is 2.10. The van der Waals surface area contributed by atoms with Crippen molar-refractivity contribution in [2.24, 2.45) is 0 Å². The fourth-order valence-corrected chi connectivity index (χ4v) is 2.91. The average Bonchev–Trinajstić information content (AvgIpc) is 2.88. The number of thioether (sulfide) groups is 1. The molecule has 1 aromatic carbocycles. The number of nitrogens with one attached hydrogen (secondary N) is 2. The average molecular weight is 338 g/mol. The van der Waals surface area contributed by atoms with Gasteiger partial charge in [0.15, 0.2) is 0 Å². The molecule has 0 atom stereocenters. The zero-order chi connectivity index (χ0) is 16.1. The fourth-order valence-electron chi connectivity index (χ4n) is 2.13. The summed E-state index contributed by atoms with van der Waals surface area (Å²) >= 11 is 6.60. The Morgan fingerprint density at radius 1 is 1.18 bits per heavy atom. The number of hydrogen-bond acceptors (Lipinski definition) is 4. The first kappa shape index (κ1) is 17.1. The van der Waals surface area contributed by atoms with Gasteiger partial charge < -0.3 is 4.74 Å². The second kappa shape index (κ2) is 7.83. The number of H-pyrrole nitrogens is 2. The Balaban J connectivity index is 1.98. The molecular formula is C16H23N3OS2. The monoisotopic (exact) mass is 337 g/mol. The van der Waals surface area contributed by atoms with Crippen molar-refractivity contribution in [1.82, 2.24) is 15.2 Å². The lowest BCUT2D eigenvalue weighted by molar-refractivity contribution is 0.385. The van der Waals surface area contributed by atoms with Gasteiger partial charge in [-0.3, -0.25) is 10.2 Å². The third-order valence-electron chi connectivity index (χ3n) is 3.41. The van der Waals surface area contributed by atoms with Crippen LogP contribution in [0.15, 0.2) is 18.2 Å². The number of benzene rings is 1. The number of aromatic amines is 2. The van der Waals surface area contributed by atoms with Gasteiger partial charge in [-0.25, -0.2) is 4.98 Å². The molecule has 0 bridgehead atoms. The molecule has 120 valence electrons. The molecule has 4 nitrogen and oxygen atoms in total. The van der Waals surface area contributed by atoms with Crippen LogP contribution in [0.5, 0.6) is 5.75 Å². The summed E-state index contributed by atoms with van der Waals surface area (Å²) in [7, 11) is 0. The van der Waals surface area contributed by atoms with Gasteiger partial charge in [0.2, 0.25) is 4.77 Å². The van der Waals surface area contributed by atoms with Crippen LogP contribution in [0, 0.1) is 4.77 Å². The largest absolute Gasteiger partial charge is 0.483 e. The molecule has 0 amide bonds. The minimum Gasteiger partial charge on any atom is -0.483 e. The lowest BCUT2D eigenvalue weighted by Crippen LogP contribution is -2.01. The molecule has 0 radical (unpaired) electrons. The third-order valence-corrected chi connectivity index (χ3v) is 4.37. The first-order chi connectivity index (χ1) is 10.5. The van der Waals surface area contributed by atoms with Crippen LogP contribution >= 0.6 is 24.0 Å². The lowest BCUT2D eigenvalue weighted by Gasteiger charge is -2.16. The van der Waals surface area contributed by atoms with Gasteiger partial charge in [0, 0.05) is 0 Å². The van der Waals surface area contributed by atoms with Crippen LogP contribution in [-0.2, 0) is 5.75 Å². The van der Waals surface area contributed by atoms with Gasteiger partial charge in [-0.15, -0.1) is 11.8 Å². The predicted molar refractivity (Wildman–Crippen MR) is 95.2 cm³/mol. The van der Waals surface area contributed by atoms with Crippen LogP contribution in [-0.4, -0.2) is 21.1 Å². The Labute approximate surface area is 141 Å². The van der Waals surface area contributed by atoms with Gasteiger partial charge in [0.05, 0.1) is 5.75 Å². The Morgan fingerprint density at radius 3 is 2.55 bits per heavy atom. The van der Waals surface area contributed by atoms with Crippen molar-refractivity contribution in [3.8, 4) is 5.75 Å². The van der Waals surface area contributed by atoms with Gasteiger partial charge in [-0.1, -0.05) is 39.8 Å². The molecule has 0 spiro atoms. The van der Waals surface area contributed by atoms with Gasteiger partial charge in [-0.2, -0.15) is 0 Å². The smallest absolute Gasteiger partial charge is 0.213 e. The highest BCUT2D eigenvalue weighted by molar-refractivity contribution is 7.98. The highest BCUT2D eigenvalue weighted by Crippen LogP contribution is 2.30. The van der Waals surface area contributed by atoms with Crippen LogP contribution in [0.25, 0.3) is 0 Å². The van der Waals surface area contributed by atoms with Crippen molar-refractivity contribution in [3.05, 3.63) is 39.9 Å². The minimum absolute atomic E-state index is 0.448. The molecule has 1 aromatic heterocycles. The van der Waals surface area contributed by atoms with Gasteiger partial charge in [0.25, 0.3) is 0 Å². The van der Waals surface area contributed by atoms with E-state index in [-0.39, 0.29) is 0 Å². The molecule has 2 N–H and O–H groups in total. The summed E-state index contributed by atoms with van der Waals surface area (Å²) in [4.78, 5) is 4.17. The summed E-state index contributed by atoms with van der Waals surface area (Å²) in [6.07, 6.45) is 0. The van der Waals surface area contributed by atoms with Crippen LogP contribution in [0.2, 0.25) is 0 Å². The van der Waals surface area contributed by atoms with Gasteiger partial charge in [0.1, 0.15) is 17.5 Å². The van der Waals surface area contributed by atoms with E-state index in [4.69, 9.17) is 17.0 Å². The Bertz CT molecular complexity index is 661. The number of aromatic nitrogens is 3. The molecule has 0 aliphatic heterocycles. The topological polar surface area (TPSA) is 53.7 Å². The van der Waals surface area contributed by atoms with E-state index >= 15 is 0 Å². The zero-order valence-corrected chi connectivity index (χ0v) is 15.1. The third kappa shape index (κ3) is 4.61. The molecule has 0 fully saturated rings. The molecule has 6 heteroatoms. The van der Waals surface area contributed by atoms with Gasteiger partial charge in [-0.05, 0) is 41.2 Å². The highest BCUT2D eigenvalue weighted by atomic mass is 32.2. The second-order valence-electron chi connectivity index (χ2n) is 5.83. The maximum atomic E-state index is 6.00. The summed E-state index contributed by atoms with van der Waals surface area (Å²) in [6, 6.07) is 6.55. The van der Waals surface area contributed by atoms with E-state index in [0.29, 0.717) is 22.5 Å². The first-order valence-electron chi connectivity index (χ1n) is 7.45. The van der Waals surface area contributed by atoms with Crippen molar-refractivity contribution in [2.75, 3.05) is 5.94 Å². The maximum absolute atomic E-state index is 6.00. The van der Waals surface area contributed by atoms with E-state index in [1.165, 1.54) is 11.1 Å². The molecule has 2 rings (SSSR count). The number of rotatable bonds is 7. The zero-order valence-electron chi connectivity index (χ0n) is 13.5. The molecule has 0 aliphatic rings. The Hall–Kier alpha value is -1.27. The Kier molecular flexibility index (Phi) is 6.08. The summed E-state index contributed by atoms with van der Waals surface area (Å²) in [5.41, 5.74) is 2.56. The van der Waals surface area contributed by atoms with E-state index in [1.54, 1.807) is 11.8 Å². The quantitative estimate of drug-likeness (QED) is 0.425. The van der Waals surface area contributed by atoms with Crippen molar-refractivity contribution in [3.63, 3.8) is 0 Å². The van der Waals surface area contributed by atoms with E-state index in [1.807, 2.05) is 0 Å². The van der Waals surface area contributed by atoms with Crippen molar-refractivity contribution in [1.29, 1.82) is 0 Å². The SMILES string of the molecule is CC(C)c1ccc(C(C)C)c(OCSCc2nc(=S)[nH][nH]2)c1. The standard InChI is InChI=1S/C16H23N3OS2/c1-10(2)12-5-6-13(11(3)4)14(7-12)20-9-22-8-15-17-16(21)19-18-15/h5-7,10-11H,8-9H2,1-4H3,(H2,17,18,19,21). The second-order valence-corrected chi connectivity index (χ2v) is 7.15.